The summed E-state index contributed by atoms with van der Waals surface area (Å²) in [5.41, 5.74) is 1.76. The molecule has 0 spiro atoms. The summed E-state index contributed by atoms with van der Waals surface area (Å²) in [7, 11) is 0. The average Bonchev–Trinajstić information content (AvgIpc) is 2.45. The van der Waals surface area contributed by atoms with Crippen molar-refractivity contribution in [2.45, 2.75) is 13.3 Å². The Labute approximate surface area is 130 Å². The summed E-state index contributed by atoms with van der Waals surface area (Å²) in [5, 5.41) is 3.46. The van der Waals surface area contributed by atoms with Gasteiger partial charge in [0, 0.05) is 17.1 Å². The van der Waals surface area contributed by atoms with Crippen molar-refractivity contribution in [2.75, 3.05) is 10.6 Å². The monoisotopic (exact) mass is 353 g/mol. The van der Waals surface area contributed by atoms with Gasteiger partial charge in [0.25, 0.3) is 5.91 Å². The summed E-state index contributed by atoms with van der Waals surface area (Å²) in [5.74, 6) is -2.13. The number of rotatable bonds is 4. The zero-order chi connectivity index (χ0) is 15.4. The molecule has 21 heavy (non-hydrogen) atoms. The number of alkyl halides is 1. The molecule has 1 amide bonds. The lowest BCUT2D eigenvalue weighted by Crippen LogP contribution is -2.14. The summed E-state index contributed by atoms with van der Waals surface area (Å²) in [6, 6.07) is 9.23. The third-order valence-corrected chi connectivity index (χ3v) is 3.48. The molecule has 0 bridgehead atoms. The predicted molar refractivity (Wildman–Crippen MR) is 83.0 cm³/mol. The molecule has 2 aromatic carbocycles. The average molecular weight is 354 g/mol. The Balaban J connectivity index is 2.16. The number of anilines is 1. The highest BCUT2D eigenvalue weighted by Gasteiger charge is 2.14. The number of carbonyl (C=O) groups excluding carboxylic acids is 1. The van der Waals surface area contributed by atoms with Crippen LogP contribution in [0.1, 0.15) is 21.5 Å². The molecule has 5 heteroatoms. The second-order valence-corrected chi connectivity index (χ2v) is 5.46. The first-order chi connectivity index (χ1) is 10.0. The third-order valence-electron chi connectivity index (χ3n) is 3.09. The van der Waals surface area contributed by atoms with Gasteiger partial charge in [0.2, 0.25) is 0 Å². The lowest BCUT2D eigenvalue weighted by atomic mass is 10.1. The van der Waals surface area contributed by atoms with Gasteiger partial charge in [0.15, 0.2) is 0 Å². The van der Waals surface area contributed by atoms with E-state index in [1.807, 2.05) is 12.1 Å². The van der Waals surface area contributed by atoms with E-state index in [9.17, 15) is 13.6 Å². The van der Waals surface area contributed by atoms with Crippen LogP contribution in [0.15, 0.2) is 36.4 Å². The largest absolute Gasteiger partial charge is 0.322 e. The summed E-state index contributed by atoms with van der Waals surface area (Å²) in [4.78, 5) is 12.0. The zero-order valence-corrected chi connectivity index (χ0v) is 13.0. The third kappa shape index (κ3) is 3.88. The smallest absolute Gasteiger partial charge is 0.258 e. The van der Waals surface area contributed by atoms with E-state index in [0.29, 0.717) is 5.69 Å². The van der Waals surface area contributed by atoms with E-state index in [2.05, 4.69) is 21.2 Å². The van der Waals surface area contributed by atoms with Crippen LogP contribution >= 0.6 is 15.9 Å². The lowest BCUT2D eigenvalue weighted by Gasteiger charge is -2.08. The molecule has 0 radical (unpaired) electrons. The number of benzene rings is 2. The molecule has 0 aromatic heterocycles. The van der Waals surface area contributed by atoms with Gasteiger partial charge in [-0.25, -0.2) is 8.78 Å². The lowest BCUT2D eigenvalue weighted by molar-refractivity contribution is 0.102. The first-order valence-electron chi connectivity index (χ1n) is 6.43. The van der Waals surface area contributed by atoms with Crippen molar-refractivity contribution in [2.24, 2.45) is 0 Å². The van der Waals surface area contributed by atoms with Crippen LogP contribution in [-0.2, 0) is 6.42 Å². The summed E-state index contributed by atoms with van der Waals surface area (Å²) < 4.78 is 26.8. The Bertz CT molecular complexity index is 656. The van der Waals surface area contributed by atoms with Gasteiger partial charge in [0.05, 0.1) is 5.56 Å². The van der Waals surface area contributed by atoms with Crippen LogP contribution in [0.25, 0.3) is 0 Å². The number of carbonyl (C=O) groups is 1. The molecule has 0 fully saturated rings. The molecule has 0 aliphatic rings. The van der Waals surface area contributed by atoms with Gasteiger partial charge in [-0.1, -0.05) is 28.1 Å². The van der Waals surface area contributed by atoms with Gasteiger partial charge >= 0.3 is 0 Å². The minimum absolute atomic E-state index is 0.168. The van der Waals surface area contributed by atoms with E-state index in [1.54, 1.807) is 12.1 Å². The molecule has 2 nitrogen and oxygen atoms in total. The van der Waals surface area contributed by atoms with Gasteiger partial charge < -0.3 is 5.32 Å². The molecule has 2 aromatic rings. The quantitative estimate of drug-likeness (QED) is 0.807. The maximum Gasteiger partial charge on any atom is 0.258 e. The standard InChI is InChI=1S/C16H14BrF2NO/c1-10-8-13(15(19)9-14(10)18)16(21)20-12-4-2-11(3-5-12)6-7-17/h2-5,8-9H,6-7H2,1H3,(H,20,21). The number of aryl methyl sites for hydroxylation is 2. The second-order valence-electron chi connectivity index (χ2n) is 4.67. The molecular formula is C16H14BrF2NO. The van der Waals surface area contributed by atoms with Crippen LogP contribution in [0.5, 0.6) is 0 Å². The van der Waals surface area contributed by atoms with Crippen LogP contribution < -0.4 is 5.32 Å². The van der Waals surface area contributed by atoms with Crippen LogP contribution in [0.4, 0.5) is 14.5 Å². The van der Waals surface area contributed by atoms with E-state index in [4.69, 9.17) is 0 Å². The summed E-state index contributed by atoms with van der Waals surface area (Å²) in [6.45, 7) is 1.49. The van der Waals surface area contributed by atoms with Crippen molar-refractivity contribution < 1.29 is 13.6 Å². The Morgan fingerprint density at radius 2 is 1.81 bits per heavy atom. The normalized spacial score (nSPS) is 10.5. The molecule has 0 unspecified atom stereocenters. The Morgan fingerprint density at radius 3 is 2.43 bits per heavy atom. The number of halogens is 3. The molecule has 0 saturated carbocycles. The van der Waals surface area contributed by atoms with Crippen molar-refractivity contribution >= 4 is 27.5 Å². The van der Waals surface area contributed by atoms with Crippen LogP contribution in [0.3, 0.4) is 0 Å². The van der Waals surface area contributed by atoms with Gasteiger partial charge in [-0.2, -0.15) is 0 Å². The van der Waals surface area contributed by atoms with Crippen molar-refractivity contribution in [3.63, 3.8) is 0 Å². The molecule has 2 rings (SSSR count). The van der Waals surface area contributed by atoms with E-state index in [-0.39, 0.29) is 11.1 Å². The van der Waals surface area contributed by atoms with Crippen molar-refractivity contribution in [3.8, 4) is 0 Å². The molecule has 1 N–H and O–H groups in total. The summed E-state index contributed by atoms with van der Waals surface area (Å²) in [6.07, 6.45) is 0.889. The van der Waals surface area contributed by atoms with Gasteiger partial charge in [-0.15, -0.1) is 0 Å². The highest BCUT2D eigenvalue weighted by Crippen LogP contribution is 2.17. The number of hydrogen-bond donors (Lipinski definition) is 1. The van der Waals surface area contributed by atoms with Crippen molar-refractivity contribution in [1.82, 2.24) is 0 Å². The predicted octanol–water partition coefficient (Wildman–Crippen LogP) is 4.46. The van der Waals surface area contributed by atoms with Crippen molar-refractivity contribution in [1.29, 1.82) is 0 Å². The minimum atomic E-state index is -0.869. The summed E-state index contributed by atoms with van der Waals surface area (Å²) >= 11 is 3.35. The minimum Gasteiger partial charge on any atom is -0.322 e. The molecule has 110 valence electrons. The van der Waals surface area contributed by atoms with Crippen LogP contribution in [-0.4, -0.2) is 11.2 Å². The topological polar surface area (TPSA) is 29.1 Å². The Hall–Kier alpha value is -1.75. The van der Waals surface area contributed by atoms with Gasteiger partial charge in [-0.05, 0) is 42.7 Å². The number of amides is 1. The zero-order valence-electron chi connectivity index (χ0n) is 11.4. The Morgan fingerprint density at radius 1 is 1.14 bits per heavy atom. The molecule has 0 aliphatic carbocycles. The highest BCUT2D eigenvalue weighted by atomic mass is 79.9. The first-order valence-corrected chi connectivity index (χ1v) is 7.55. The van der Waals surface area contributed by atoms with Crippen LogP contribution in [0.2, 0.25) is 0 Å². The van der Waals surface area contributed by atoms with Crippen molar-refractivity contribution in [3.05, 3.63) is 64.7 Å². The molecule has 0 atom stereocenters. The van der Waals surface area contributed by atoms with Gasteiger partial charge in [-0.3, -0.25) is 4.79 Å². The SMILES string of the molecule is Cc1cc(C(=O)Nc2ccc(CCBr)cc2)c(F)cc1F. The fraction of sp³-hybridized carbons (Fsp3) is 0.188. The molecule has 0 heterocycles. The maximum absolute atomic E-state index is 13.6. The fourth-order valence-electron chi connectivity index (χ4n) is 1.89. The Kier molecular flexibility index (Phi) is 5.07. The van der Waals surface area contributed by atoms with E-state index >= 15 is 0 Å². The van der Waals surface area contributed by atoms with E-state index in [1.165, 1.54) is 13.0 Å². The fourth-order valence-corrected chi connectivity index (χ4v) is 2.35. The molecule has 0 saturated heterocycles. The van der Waals surface area contributed by atoms with E-state index in [0.717, 1.165) is 23.4 Å². The highest BCUT2D eigenvalue weighted by molar-refractivity contribution is 9.09. The van der Waals surface area contributed by atoms with E-state index < -0.39 is 17.5 Å². The maximum atomic E-state index is 13.6. The van der Waals surface area contributed by atoms with Crippen LogP contribution in [0, 0.1) is 18.6 Å². The van der Waals surface area contributed by atoms with Gasteiger partial charge in [0.1, 0.15) is 11.6 Å². The number of hydrogen-bond acceptors (Lipinski definition) is 1. The first kappa shape index (κ1) is 15.6. The number of nitrogens with one attached hydrogen (secondary N) is 1. The second kappa shape index (κ2) is 6.80. The molecule has 0 aliphatic heterocycles. The molecular weight excluding hydrogens is 340 g/mol.